The number of amides is 1. The van der Waals surface area contributed by atoms with Gasteiger partial charge >= 0.3 is 0 Å². The van der Waals surface area contributed by atoms with Crippen molar-refractivity contribution in [3.8, 4) is 5.75 Å². The molecule has 3 aromatic rings. The quantitative estimate of drug-likeness (QED) is 0.460. The summed E-state index contributed by atoms with van der Waals surface area (Å²) in [4.78, 5) is 19.7. The second-order valence-corrected chi connectivity index (χ2v) is 9.66. The van der Waals surface area contributed by atoms with Gasteiger partial charge in [0.2, 0.25) is 11.7 Å². The lowest BCUT2D eigenvalue weighted by atomic mass is 10.1. The van der Waals surface area contributed by atoms with Crippen LogP contribution in [0.3, 0.4) is 0 Å². The van der Waals surface area contributed by atoms with E-state index in [9.17, 15) is 4.79 Å². The SMILES string of the molecule is CC(=O)N1CCN(c2ccc(OC[C@H]3CO[C@](Cn4cncn4)(c4ccc(Cl)cc4Cl)O3)cc2)CC1. The number of piperazine rings is 1. The molecule has 2 fully saturated rings. The van der Waals surface area contributed by atoms with Crippen molar-refractivity contribution in [3.05, 3.63) is 70.7 Å². The minimum Gasteiger partial charge on any atom is -0.491 e. The second-order valence-electron chi connectivity index (χ2n) is 8.82. The Kier molecular flexibility index (Phi) is 7.34. The third-order valence-electron chi connectivity index (χ3n) is 6.40. The summed E-state index contributed by atoms with van der Waals surface area (Å²) >= 11 is 12.6. The largest absolute Gasteiger partial charge is 0.491 e. The molecule has 1 amide bonds. The van der Waals surface area contributed by atoms with E-state index in [4.69, 9.17) is 37.4 Å². The van der Waals surface area contributed by atoms with Crippen molar-refractivity contribution in [1.82, 2.24) is 19.7 Å². The number of aromatic nitrogens is 3. The van der Waals surface area contributed by atoms with Crippen molar-refractivity contribution >= 4 is 34.8 Å². The van der Waals surface area contributed by atoms with Crippen LogP contribution in [0.15, 0.2) is 55.1 Å². The molecule has 0 spiro atoms. The van der Waals surface area contributed by atoms with Crippen molar-refractivity contribution in [2.45, 2.75) is 25.4 Å². The van der Waals surface area contributed by atoms with E-state index in [0.717, 1.165) is 37.6 Å². The monoisotopic (exact) mass is 531 g/mol. The summed E-state index contributed by atoms with van der Waals surface area (Å²) in [6, 6.07) is 13.2. The number of ether oxygens (including phenoxy) is 3. The van der Waals surface area contributed by atoms with Gasteiger partial charge in [-0.3, -0.25) is 4.79 Å². The smallest absolute Gasteiger partial charge is 0.219 e. The molecule has 0 unspecified atom stereocenters. The number of hydrogen-bond donors (Lipinski definition) is 0. The summed E-state index contributed by atoms with van der Waals surface area (Å²) in [6.07, 6.45) is 2.74. The highest BCUT2D eigenvalue weighted by Crippen LogP contribution is 2.40. The van der Waals surface area contributed by atoms with E-state index in [1.807, 2.05) is 29.2 Å². The normalized spacial score (nSPS) is 22.1. The van der Waals surface area contributed by atoms with Gasteiger partial charge in [0.15, 0.2) is 0 Å². The third kappa shape index (κ3) is 5.44. The average Bonchev–Trinajstić information content (AvgIpc) is 3.54. The van der Waals surface area contributed by atoms with Gasteiger partial charge in [0.1, 0.15) is 37.7 Å². The van der Waals surface area contributed by atoms with Crippen LogP contribution in [-0.4, -0.2) is 71.1 Å². The van der Waals surface area contributed by atoms with Crippen molar-refractivity contribution in [3.63, 3.8) is 0 Å². The van der Waals surface area contributed by atoms with Gasteiger partial charge in [-0.1, -0.05) is 29.3 Å². The summed E-state index contributed by atoms with van der Waals surface area (Å²) in [5.41, 5.74) is 1.77. The maximum Gasteiger partial charge on any atom is 0.219 e. The maximum absolute atomic E-state index is 11.6. The second kappa shape index (κ2) is 10.6. The van der Waals surface area contributed by atoms with Crippen LogP contribution in [0, 0.1) is 0 Å². The molecule has 9 nitrogen and oxygen atoms in total. The van der Waals surface area contributed by atoms with Gasteiger partial charge in [-0.15, -0.1) is 0 Å². The van der Waals surface area contributed by atoms with Gasteiger partial charge in [0.05, 0.1) is 11.6 Å². The fourth-order valence-electron chi connectivity index (χ4n) is 4.50. The van der Waals surface area contributed by atoms with Gasteiger partial charge in [0.25, 0.3) is 0 Å². The van der Waals surface area contributed by atoms with Crippen LogP contribution in [0.4, 0.5) is 5.69 Å². The molecule has 5 rings (SSSR count). The first-order valence-electron chi connectivity index (χ1n) is 11.7. The number of anilines is 1. The van der Waals surface area contributed by atoms with Crippen molar-refractivity contribution < 1.29 is 19.0 Å². The van der Waals surface area contributed by atoms with Crippen molar-refractivity contribution in [2.24, 2.45) is 0 Å². The molecule has 0 N–H and O–H groups in total. The van der Waals surface area contributed by atoms with Crippen molar-refractivity contribution in [2.75, 3.05) is 44.3 Å². The molecule has 36 heavy (non-hydrogen) atoms. The molecule has 0 radical (unpaired) electrons. The molecule has 0 bridgehead atoms. The molecular weight excluding hydrogens is 505 g/mol. The third-order valence-corrected chi connectivity index (χ3v) is 6.95. The Hall–Kier alpha value is -2.85. The molecule has 2 aliphatic heterocycles. The van der Waals surface area contributed by atoms with E-state index < -0.39 is 5.79 Å². The predicted molar refractivity (Wildman–Crippen MR) is 135 cm³/mol. The highest BCUT2D eigenvalue weighted by atomic mass is 35.5. The molecular formula is C25H27Cl2N5O4. The lowest BCUT2D eigenvalue weighted by molar-refractivity contribution is -0.190. The fraction of sp³-hybridized carbons (Fsp3) is 0.400. The zero-order valence-corrected chi connectivity index (χ0v) is 21.4. The minimum atomic E-state index is -1.14. The van der Waals surface area contributed by atoms with E-state index in [1.54, 1.807) is 36.1 Å². The molecule has 0 aliphatic carbocycles. The van der Waals surface area contributed by atoms with E-state index in [0.29, 0.717) is 28.8 Å². The van der Waals surface area contributed by atoms with Crippen LogP contribution in [0.1, 0.15) is 12.5 Å². The van der Waals surface area contributed by atoms with Crippen LogP contribution in [-0.2, 0) is 26.6 Å². The average molecular weight is 532 g/mol. The Labute approximate surface area is 219 Å². The van der Waals surface area contributed by atoms with Crippen LogP contribution in [0.5, 0.6) is 5.75 Å². The molecule has 1 aromatic heterocycles. The summed E-state index contributed by atoms with van der Waals surface area (Å²) in [6.45, 7) is 5.62. The zero-order chi connectivity index (χ0) is 25.1. The summed E-state index contributed by atoms with van der Waals surface area (Å²) < 4.78 is 20.3. The molecule has 11 heteroatoms. The first-order valence-corrected chi connectivity index (χ1v) is 12.5. The predicted octanol–water partition coefficient (Wildman–Crippen LogP) is 3.60. The number of hydrogen-bond acceptors (Lipinski definition) is 7. The standard InChI is InChI=1S/C25H27Cl2N5O4/c1-18(33)30-8-10-31(11-9-30)20-3-5-21(6-4-20)34-13-22-14-35-25(36-22,15-32-17-28-16-29-32)23-7-2-19(26)12-24(23)27/h2-7,12,16-17,22H,8-11,13-15H2,1H3/t22-,25-/m0/s1. The molecule has 2 atom stereocenters. The first kappa shape index (κ1) is 24.8. The number of benzene rings is 2. The minimum absolute atomic E-state index is 0.125. The molecule has 2 aromatic carbocycles. The Morgan fingerprint density at radius 1 is 1.14 bits per heavy atom. The molecule has 3 heterocycles. The van der Waals surface area contributed by atoms with Gasteiger partial charge in [0, 0.05) is 49.4 Å². The van der Waals surface area contributed by atoms with Crippen LogP contribution >= 0.6 is 23.2 Å². The number of halogens is 2. The molecule has 190 valence electrons. The van der Waals surface area contributed by atoms with E-state index in [1.165, 1.54) is 6.33 Å². The highest BCUT2D eigenvalue weighted by Gasteiger charge is 2.45. The fourth-order valence-corrected chi connectivity index (χ4v) is 5.06. The van der Waals surface area contributed by atoms with Crippen LogP contribution in [0.25, 0.3) is 0 Å². The number of carbonyl (C=O) groups is 1. The lowest BCUT2D eigenvalue weighted by Crippen LogP contribution is -2.48. The van der Waals surface area contributed by atoms with E-state index in [2.05, 4.69) is 15.0 Å². The van der Waals surface area contributed by atoms with Crippen molar-refractivity contribution in [1.29, 1.82) is 0 Å². The van der Waals surface area contributed by atoms with E-state index in [-0.39, 0.29) is 18.6 Å². The van der Waals surface area contributed by atoms with E-state index >= 15 is 0 Å². The van der Waals surface area contributed by atoms with Crippen LogP contribution < -0.4 is 9.64 Å². The number of nitrogens with zero attached hydrogens (tertiary/aromatic N) is 5. The van der Waals surface area contributed by atoms with Gasteiger partial charge in [-0.05, 0) is 36.4 Å². The highest BCUT2D eigenvalue weighted by molar-refractivity contribution is 6.35. The Morgan fingerprint density at radius 2 is 1.92 bits per heavy atom. The number of rotatable bonds is 7. The molecule has 0 saturated carbocycles. The van der Waals surface area contributed by atoms with Crippen LogP contribution in [0.2, 0.25) is 10.0 Å². The number of carbonyl (C=O) groups excluding carboxylic acids is 1. The zero-order valence-electron chi connectivity index (χ0n) is 19.8. The first-order chi connectivity index (χ1) is 17.4. The van der Waals surface area contributed by atoms with Gasteiger partial charge in [-0.25, -0.2) is 9.67 Å². The summed E-state index contributed by atoms with van der Waals surface area (Å²) in [7, 11) is 0. The molecule has 2 aliphatic rings. The summed E-state index contributed by atoms with van der Waals surface area (Å²) in [5, 5.41) is 5.17. The van der Waals surface area contributed by atoms with Gasteiger partial charge in [-0.2, -0.15) is 5.10 Å². The Bertz CT molecular complexity index is 1190. The van der Waals surface area contributed by atoms with Gasteiger partial charge < -0.3 is 24.0 Å². The molecule has 2 saturated heterocycles. The lowest BCUT2D eigenvalue weighted by Gasteiger charge is -2.35. The Morgan fingerprint density at radius 3 is 2.58 bits per heavy atom. The topological polar surface area (TPSA) is 82.0 Å². The maximum atomic E-state index is 11.6. The summed E-state index contributed by atoms with van der Waals surface area (Å²) in [5.74, 6) is -0.280. The Balaban J connectivity index is 1.22.